The van der Waals surface area contributed by atoms with E-state index in [1.807, 2.05) is 18.2 Å². The molecule has 0 aromatic heterocycles. The maximum atomic E-state index is 9.72. The van der Waals surface area contributed by atoms with Crippen LogP contribution in [0.25, 0.3) is 0 Å². The molecule has 0 saturated heterocycles. The van der Waals surface area contributed by atoms with Crippen LogP contribution in [0.3, 0.4) is 0 Å². The van der Waals surface area contributed by atoms with E-state index in [1.54, 1.807) is 17.8 Å². The van der Waals surface area contributed by atoms with Gasteiger partial charge in [-0.2, -0.15) is 0 Å². The normalized spacial score (nSPS) is 11.1. The zero-order valence-corrected chi connectivity index (χ0v) is 18.0. The summed E-state index contributed by atoms with van der Waals surface area (Å²) in [5.74, 6) is 1.55. The molecule has 0 atom stereocenters. The summed E-state index contributed by atoms with van der Waals surface area (Å²) in [7, 11) is 0. The van der Waals surface area contributed by atoms with E-state index in [-0.39, 0.29) is 0 Å². The van der Waals surface area contributed by atoms with Gasteiger partial charge in [0.1, 0.15) is 5.75 Å². The first-order valence-corrected chi connectivity index (χ1v) is 12.2. The number of hydrogen-bond donors (Lipinski definition) is 1. The van der Waals surface area contributed by atoms with Gasteiger partial charge in [0.25, 0.3) is 0 Å². The lowest BCUT2D eigenvalue weighted by atomic mass is 10.0. The number of unbranched alkanes of at least 4 members (excludes halogenated alkanes) is 15. The molecule has 1 nitrogen and oxygen atoms in total. The molecule has 2 heteroatoms. The van der Waals surface area contributed by atoms with Crippen LogP contribution in [0.15, 0.2) is 29.2 Å². The molecule has 1 rings (SSSR count). The summed E-state index contributed by atoms with van der Waals surface area (Å²) in [6, 6.07) is 7.66. The number of phenols is 1. The van der Waals surface area contributed by atoms with Crippen LogP contribution in [0.5, 0.6) is 5.75 Å². The molecule has 1 aromatic rings. The lowest BCUT2D eigenvalue weighted by Crippen LogP contribution is -1.85. The van der Waals surface area contributed by atoms with Crippen molar-refractivity contribution in [1.29, 1.82) is 0 Å². The molecule has 0 aliphatic carbocycles. The molecule has 26 heavy (non-hydrogen) atoms. The van der Waals surface area contributed by atoms with E-state index in [0.29, 0.717) is 5.75 Å². The van der Waals surface area contributed by atoms with Crippen molar-refractivity contribution in [1.82, 2.24) is 0 Å². The standard InChI is InChI=1S/C24H42OS/c1-2-3-4-5-6-7-8-9-10-11-12-13-14-15-16-19-22-26-24-21-18-17-20-23(24)25/h17-18,20-21,25H,2-16,19,22H2,1H3. The van der Waals surface area contributed by atoms with Crippen LogP contribution in [0.4, 0.5) is 0 Å². The molecular formula is C24H42OS. The van der Waals surface area contributed by atoms with Gasteiger partial charge in [0.15, 0.2) is 0 Å². The highest BCUT2D eigenvalue weighted by molar-refractivity contribution is 7.99. The minimum Gasteiger partial charge on any atom is -0.507 e. The number of thioether (sulfide) groups is 1. The topological polar surface area (TPSA) is 20.2 Å². The van der Waals surface area contributed by atoms with Gasteiger partial charge >= 0.3 is 0 Å². The third kappa shape index (κ3) is 13.6. The predicted molar refractivity (Wildman–Crippen MR) is 118 cm³/mol. The molecule has 0 spiro atoms. The van der Waals surface area contributed by atoms with Gasteiger partial charge in [-0.3, -0.25) is 0 Å². The third-order valence-corrected chi connectivity index (χ3v) is 6.27. The van der Waals surface area contributed by atoms with E-state index in [0.717, 1.165) is 10.6 Å². The van der Waals surface area contributed by atoms with Crippen molar-refractivity contribution < 1.29 is 5.11 Å². The van der Waals surface area contributed by atoms with E-state index in [2.05, 4.69) is 6.92 Å². The second kappa shape index (κ2) is 17.8. The molecule has 0 bridgehead atoms. The van der Waals surface area contributed by atoms with Gasteiger partial charge < -0.3 is 5.11 Å². The maximum Gasteiger partial charge on any atom is 0.129 e. The Bertz CT molecular complexity index is 418. The average Bonchev–Trinajstić information content (AvgIpc) is 2.65. The van der Waals surface area contributed by atoms with Crippen LogP contribution in [0, 0.1) is 0 Å². The number of benzene rings is 1. The van der Waals surface area contributed by atoms with E-state index in [1.165, 1.54) is 103 Å². The molecule has 1 aromatic carbocycles. The first-order chi connectivity index (χ1) is 12.8. The lowest BCUT2D eigenvalue weighted by molar-refractivity contribution is 0.462. The van der Waals surface area contributed by atoms with Crippen molar-refractivity contribution in [2.24, 2.45) is 0 Å². The molecular weight excluding hydrogens is 336 g/mol. The Kier molecular flexibility index (Phi) is 16.0. The van der Waals surface area contributed by atoms with Crippen molar-refractivity contribution in [3.8, 4) is 5.75 Å². The highest BCUT2D eigenvalue weighted by Gasteiger charge is 2.00. The fourth-order valence-electron chi connectivity index (χ4n) is 3.41. The first kappa shape index (κ1) is 23.4. The molecule has 150 valence electrons. The number of phenolic OH excluding ortho intramolecular Hbond substituents is 1. The van der Waals surface area contributed by atoms with Crippen molar-refractivity contribution in [3.05, 3.63) is 24.3 Å². The van der Waals surface area contributed by atoms with E-state index >= 15 is 0 Å². The summed E-state index contributed by atoms with van der Waals surface area (Å²) in [5.41, 5.74) is 0. The zero-order valence-electron chi connectivity index (χ0n) is 17.2. The molecule has 0 fully saturated rings. The van der Waals surface area contributed by atoms with Gasteiger partial charge in [-0.15, -0.1) is 11.8 Å². The molecule has 0 saturated carbocycles. The molecule has 0 aliphatic rings. The van der Waals surface area contributed by atoms with Crippen molar-refractivity contribution in [2.75, 3.05) is 5.75 Å². The van der Waals surface area contributed by atoms with Gasteiger partial charge in [-0.05, 0) is 24.3 Å². The molecule has 1 N–H and O–H groups in total. The third-order valence-electron chi connectivity index (χ3n) is 5.12. The van der Waals surface area contributed by atoms with Gasteiger partial charge in [0.05, 0.1) is 0 Å². The summed E-state index contributed by atoms with van der Waals surface area (Å²) in [5, 5.41) is 9.72. The summed E-state index contributed by atoms with van der Waals surface area (Å²) < 4.78 is 0. The molecule has 0 amide bonds. The van der Waals surface area contributed by atoms with E-state index < -0.39 is 0 Å². The number of rotatable bonds is 18. The first-order valence-electron chi connectivity index (χ1n) is 11.3. The average molecular weight is 379 g/mol. The van der Waals surface area contributed by atoms with Crippen molar-refractivity contribution in [2.45, 2.75) is 115 Å². The van der Waals surface area contributed by atoms with Crippen LogP contribution in [0.1, 0.15) is 110 Å². The molecule has 0 unspecified atom stereocenters. The fourth-order valence-corrected chi connectivity index (χ4v) is 4.37. The Hall–Kier alpha value is -0.630. The fraction of sp³-hybridized carbons (Fsp3) is 0.750. The summed E-state index contributed by atoms with van der Waals surface area (Å²) in [6.45, 7) is 2.29. The largest absolute Gasteiger partial charge is 0.507 e. The number of hydrogen-bond acceptors (Lipinski definition) is 2. The SMILES string of the molecule is CCCCCCCCCCCCCCCCCCSc1ccccc1O. The van der Waals surface area contributed by atoms with Crippen LogP contribution in [-0.4, -0.2) is 10.9 Å². The Balaban J connectivity index is 1.74. The number of aromatic hydroxyl groups is 1. The van der Waals surface area contributed by atoms with Gasteiger partial charge in [-0.1, -0.05) is 115 Å². The van der Waals surface area contributed by atoms with Crippen molar-refractivity contribution in [3.63, 3.8) is 0 Å². The summed E-state index contributed by atoms with van der Waals surface area (Å²) in [6.07, 6.45) is 22.6. The Morgan fingerprint density at radius 2 is 1.04 bits per heavy atom. The molecule has 0 heterocycles. The predicted octanol–water partition coefficient (Wildman–Crippen LogP) is 8.75. The van der Waals surface area contributed by atoms with Gasteiger partial charge in [0.2, 0.25) is 0 Å². The van der Waals surface area contributed by atoms with Gasteiger partial charge in [0, 0.05) is 4.90 Å². The smallest absolute Gasteiger partial charge is 0.129 e. The Morgan fingerprint density at radius 3 is 1.50 bits per heavy atom. The minimum absolute atomic E-state index is 0.425. The second-order valence-corrected chi connectivity index (χ2v) is 8.76. The van der Waals surface area contributed by atoms with Crippen LogP contribution in [-0.2, 0) is 0 Å². The lowest BCUT2D eigenvalue weighted by Gasteiger charge is -2.05. The van der Waals surface area contributed by atoms with Gasteiger partial charge in [-0.25, -0.2) is 0 Å². The minimum atomic E-state index is 0.425. The highest BCUT2D eigenvalue weighted by atomic mass is 32.2. The Labute approximate surface area is 167 Å². The van der Waals surface area contributed by atoms with E-state index in [9.17, 15) is 5.11 Å². The summed E-state index contributed by atoms with van der Waals surface area (Å²) >= 11 is 1.78. The Morgan fingerprint density at radius 1 is 0.615 bits per heavy atom. The van der Waals surface area contributed by atoms with Crippen LogP contribution >= 0.6 is 11.8 Å². The van der Waals surface area contributed by atoms with E-state index in [4.69, 9.17) is 0 Å². The van der Waals surface area contributed by atoms with Crippen LogP contribution in [0.2, 0.25) is 0 Å². The second-order valence-electron chi connectivity index (χ2n) is 7.62. The molecule has 0 aliphatic heterocycles. The zero-order chi connectivity index (χ0) is 18.7. The van der Waals surface area contributed by atoms with Crippen LogP contribution < -0.4 is 0 Å². The van der Waals surface area contributed by atoms with Crippen molar-refractivity contribution >= 4 is 11.8 Å². The maximum absolute atomic E-state index is 9.72. The molecule has 0 radical (unpaired) electrons. The summed E-state index contributed by atoms with van der Waals surface area (Å²) in [4.78, 5) is 1.02. The number of para-hydroxylation sites is 1. The monoisotopic (exact) mass is 378 g/mol. The highest BCUT2D eigenvalue weighted by Crippen LogP contribution is 2.28. The quantitative estimate of drug-likeness (QED) is 0.203.